The Kier molecular flexibility index (Phi) is 1.48. The van der Waals surface area contributed by atoms with Crippen molar-refractivity contribution < 1.29 is 9.53 Å². The van der Waals surface area contributed by atoms with Crippen LogP contribution in [0.2, 0.25) is 0 Å². The Morgan fingerprint density at radius 3 is 2.82 bits per heavy atom. The molecule has 3 atom stereocenters. The molecule has 0 amide bonds. The summed E-state index contributed by atoms with van der Waals surface area (Å²) in [5.74, 6) is 0.911. The summed E-state index contributed by atoms with van der Waals surface area (Å²) in [7, 11) is 1.45. The second-order valence-electron chi connectivity index (χ2n) is 3.19. The Morgan fingerprint density at radius 1 is 1.55 bits per heavy atom. The highest BCUT2D eigenvalue weighted by atomic mass is 16.5. The lowest BCUT2D eigenvalue weighted by Crippen LogP contribution is -2.20. The molecule has 0 aromatic rings. The molecule has 11 heavy (non-hydrogen) atoms. The number of ether oxygens (including phenoxy) is 1. The lowest BCUT2D eigenvalue weighted by atomic mass is 9.94. The summed E-state index contributed by atoms with van der Waals surface area (Å²) in [5.41, 5.74) is 0. The first kappa shape index (κ1) is 6.89. The molecule has 0 aromatic heterocycles. The van der Waals surface area contributed by atoms with E-state index in [9.17, 15) is 4.79 Å². The van der Waals surface area contributed by atoms with E-state index in [0.29, 0.717) is 11.8 Å². The lowest BCUT2D eigenvalue weighted by molar-refractivity contribution is -0.144. The number of hydrogen-bond donors (Lipinski definition) is 0. The summed E-state index contributed by atoms with van der Waals surface area (Å²) in [4.78, 5) is 11.1. The first-order valence-electron chi connectivity index (χ1n) is 3.92. The predicted molar refractivity (Wildman–Crippen MR) is 40.5 cm³/mol. The van der Waals surface area contributed by atoms with Crippen LogP contribution in [0.1, 0.15) is 6.42 Å². The van der Waals surface area contributed by atoms with Gasteiger partial charge in [-0.05, 0) is 24.7 Å². The standard InChI is InChI=1S/C9H11O2/c1-11-9(10)8-5-6-2-3-7(8)4-6/h2-3,5-8H,4H2,1H3/t6-,7+,8+/m0/s1. The van der Waals surface area contributed by atoms with Crippen LogP contribution in [0.3, 0.4) is 0 Å². The van der Waals surface area contributed by atoms with Crippen molar-refractivity contribution in [2.45, 2.75) is 6.42 Å². The molecular weight excluding hydrogens is 140 g/mol. The molecule has 2 rings (SSSR count). The molecular formula is C9H11O2. The third-order valence-corrected chi connectivity index (χ3v) is 2.54. The largest absolute Gasteiger partial charge is 0.469 e. The van der Waals surface area contributed by atoms with E-state index in [1.165, 1.54) is 7.11 Å². The Morgan fingerprint density at radius 2 is 2.36 bits per heavy atom. The summed E-state index contributed by atoms with van der Waals surface area (Å²) in [6.45, 7) is 0. The average molecular weight is 151 g/mol. The zero-order valence-corrected chi connectivity index (χ0v) is 6.49. The normalized spacial score (nSPS) is 39.5. The van der Waals surface area contributed by atoms with Crippen LogP contribution in [-0.4, -0.2) is 13.1 Å². The molecule has 0 heterocycles. The molecule has 1 fully saturated rings. The van der Waals surface area contributed by atoms with E-state index in [4.69, 9.17) is 0 Å². The molecule has 0 aromatic carbocycles. The van der Waals surface area contributed by atoms with Crippen molar-refractivity contribution in [3.8, 4) is 0 Å². The fourth-order valence-corrected chi connectivity index (χ4v) is 1.96. The topological polar surface area (TPSA) is 26.3 Å². The van der Waals surface area contributed by atoms with Gasteiger partial charge in [-0.2, -0.15) is 0 Å². The quantitative estimate of drug-likeness (QED) is 0.415. The van der Waals surface area contributed by atoms with Crippen LogP contribution in [0, 0.1) is 24.2 Å². The van der Waals surface area contributed by atoms with Crippen molar-refractivity contribution in [2.75, 3.05) is 7.11 Å². The second kappa shape index (κ2) is 2.36. The van der Waals surface area contributed by atoms with Gasteiger partial charge in [0.25, 0.3) is 0 Å². The molecule has 2 nitrogen and oxygen atoms in total. The first-order valence-corrected chi connectivity index (χ1v) is 3.92. The van der Waals surface area contributed by atoms with Crippen molar-refractivity contribution in [1.29, 1.82) is 0 Å². The molecule has 0 aliphatic heterocycles. The van der Waals surface area contributed by atoms with Gasteiger partial charge in [-0.1, -0.05) is 12.2 Å². The van der Waals surface area contributed by atoms with Gasteiger partial charge in [-0.25, -0.2) is 0 Å². The van der Waals surface area contributed by atoms with E-state index in [2.05, 4.69) is 23.3 Å². The number of rotatable bonds is 1. The molecule has 0 unspecified atom stereocenters. The fraction of sp³-hybridized carbons (Fsp3) is 0.556. The number of carbonyl (C=O) groups excluding carboxylic acids is 1. The molecule has 0 saturated heterocycles. The van der Waals surface area contributed by atoms with Crippen molar-refractivity contribution in [3.63, 3.8) is 0 Å². The Hall–Kier alpha value is -0.790. The summed E-state index contributed by atoms with van der Waals surface area (Å²) >= 11 is 0. The van der Waals surface area contributed by atoms with Gasteiger partial charge in [-0.3, -0.25) is 4.79 Å². The first-order chi connectivity index (χ1) is 5.31. The van der Waals surface area contributed by atoms with Gasteiger partial charge in [-0.15, -0.1) is 0 Å². The van der Waals surface area contributed by atoms with Crippen LogP contribution >= 0.6 is 0 Å². The predicted octanol–water partition coefficient (Wildman–Crippen LogP) is 1.19. The van der Waals surface area contributed by atoms with Crippen LogP contribution in [0.4, 0.5) is 0 Å². The molecule has 2 aliphatic carbocycles. The lowest BCUT2D eigenvalue weighted by Gasteiger charge is -2.13. The van der Waals surface area contributed by atoms with Gasteiger partial charge >= 0.3 is 5.97 Å². The molecule has 2 bridgehead atoms. The molecule has 0 N–H and O–H groups in total. The van der Waals surface area contributed by atoms with Crippen molar-refractivity contribution in [1.82, 2.24) is 0 Å². The number of allylic oxidation sites excluding steroid dienone is 2. The molecule has 2 heteroatoms. The molecule has 0 spiro atoms. The van der Waals surface area contributed by atoms with Crippen LogP contribution < -0.4 is 0 Å². The zero-order chi connectivity index (χ0) is 7.84. The van der Waals surface area contributed by atoms with E-state index in [1.54, 1.807) is 0 Å². The van der Waals surface area contributed by atoms with E-state index < -0.39 is 0 Å². The van der Waals surface area contributed by atoms with Crippen LogP contribution in [0.5, 0.6) is 0 Å². The van der Waals surface area contributed by atoms with Gasteiger partial charge in [0.15, 0.2) is 0 Å². The van der Waals surface area contributed by atoms with E-state index in [1.807, 2.05) is 0 Å². The Bertz CT molecular complexity index is 208. The van der Waals surface area contributed by atoms with Gasteiger partial charge in [0, 0.05) is 0 Å². The highest BCUT2D eigenvalue weighted by Crippen LogP contribution is 2.42. The second-order valence-corrected chi connectivity index (χ2v) is 3.19. The Balaban J connectivity index is 2.08. The number of hydrogen-bond acceptors (Lipinski definition) is 2. The Labute approximate surface area is 66.2 Å². The minimum Gasteiger partial charge on any atom is -0.469 e. The van der Waals surface area contributed by atoms with E-state index >= 15 is 0 Å². The highest BCUT2D eigenvalue weighted by molar-refractivity contribution is 5.75. The zero-order valence-electron chi connectivity index (χ0n) is 6.49. The monoisotopic (exact) mass is 151 g/mol. The van der Waals surface area contributed by atoms with Gasteiger partial charge in [0.2, 0.25) is 0 Å². The van der Waals surface area contributed by atoms with Crippen molar-refractivity contribution >= 4 is 5.97 Å². The highest BCUT2D eigenvalue weighted by Gasteiger charge is 2.40. The fourth-order valence-electron chi connectivity index (χ4n) is 1.96. The van der Waals surface area contributed by atoms with Crippen LogP contribution in [0.15, 0.2) is 12.2 Å². The SMILES string of the molecule is COC(=O)[C@@H]1[CH][C@H]2C=C[C@@H]1C2. The maximum absolute atomic E-state index is 11.1. The third kappa shape index (κ3) is 0.971. The van der Waals surface area contributed by atoms with E-state index in [-0.39, 0.29) is 11.9 Å². The number of carbonyl (C=O) groups is 1. The summed E-state index contributed by atoms with van der Waals surface area (Å²) in [6.07, 6.45) is 7.51. The van der Waals surface area contributed by atoms with Crippen molar-refractivity contribution in [3.05, 3.63) is 18.6 Å². The van der Waals surface area contributed by atoms with E-state index in [0.717, 1.165) is 6.42 Å². The molecule has 1 radical (unpaired) electrons. The molecule has 1 saturated carbocycles. The molecule has 2 aliphatic rings. The third-order valence-electron chi connectivity index (χ3n) is 2.54. The van der Waals surface area contributed by atoms with Gasteiger partial charge < -0.3 is 4.74 Å². The summed E-state index contributed by atoms with van der Waals surface area (Å²) in [6, 6.07) is 0. The summed E-state index contributed by atoms with van der Waals surface area (Å²) in [5, 5.41) is 0. The number of methoxy groups -OCH3 is 1. The number of esters is 1. The minimum atomic E-state index is -0.0816. The summed E-state index contributed by atoms with van der Waals surface area (Å²) < 4.78 is 4.68. The smallest absolute Gasteiger partial charge is 0.309 e. The van der Waals surface area contributed by atoms with Crippen LogP contribution in [0.25, 0.3) is 0 Å². The minimum absolute atomic E-state index is 0.0370. The maximum Gasteiger partial charge on any atom is 0.309 e. The average Bonchev–Trinajstić information content (AvgIpc) is 2.62. The maximum atomic E-state index is 11.1. The van der Waals surface area contributed by atoms with Gasteiger partial charge in [0.1, 0.15) is 0 Å². The molecule has 59 valence electrons. The van der Waals surface area contributed by atoms with Gasteiger partial charge in [0.05, 0.1) is 13.0 Å². The van der Waals surface area contributed by atoms with Crippen molar-refractivity contribution in [2.24, 2.45) is 17.8 Å². The number of fused-ring (bicyclic) bond motifs is 2. The van der Waals surface area contributed by atoms with Crippen LogP contribution in [-0.2, 0) is 9.53 Å².